The van der Waals surface area contributed by atoms with E-state index in [1.165, 1.54) is 27.1 Å². The lowest BCUT2D eigenvalue weighted by molar-refractivity contribution is 0.522. The molecule has 0 fully saturated rings. The van der Waals surface area contributed by atoms with Crippen LogP contribution in [0.3, 0.4) is 0 Å². The third kappa shape index (κ3) is 3.07. The smallest absolute Gasteiger partial charge is 0.0730 e. The van der Waals surface area contributed by atoms with Gasteiger partial charge in [-0.05, 0) is 46.8 Å². The van der Waals surface area contributed by atoms with Gasteiger partial charge in [0.25, 0.3) is 0 Å². The monoisotopic (exact) mass is 338 g/mol. The Morgan fingerprint density at radius 2 is 2.14 bits per heavy atom. The van der Waals surface area contributed by atoms with Crippen LogP contribution in [0.5, 0.6) is 0 Å². The summed E-state index contributed by atoms with van der Waals surface area (Å²) in [5.41, 5.74) is 1.35. The zero-order valence-electron chi connectivity index (χ0n) is 8.81. The maximum atomic E-state index is 3.79. The fourth-order valence-electron chi connectivity index (χ4n) is 1.50. The molecule has 3 heteroatoms. The zero-order valence-corrected chi connectivity index (χ0v) is 12.8. The third-order valence-electron chi connectivity index (χ3n) is 2.39. The molecule has 0 amide bonds. The molecule has 14 heavy (non-hydrogen) atoms. The summed E-state index contributed by atoms with van der Waals surface area (Å²) in [5.74, 6) is 0.713. The Morgan fingerprint density at radius 1 is 1.50 bits per heavy atom. The molecule has 0 bridgehead atoms. The average molecular weight is 340 g/mol. The Balaban J connectivity index is 2.73. The second-order valence-electron chi connectivity index (χ2n) is 3.77. The Kier molecular flexibility index (Phi) is 5.15. The van der Waals surface area contributed by atoms with Gasteiger partial charge < -0.3 is 0 Å². The predicted molar refractivity (Wildman–Crippen MR) is 72.5 cm³/mol. The van der Waals surface area contributed by atoms with Crippen molar-refractivity contribution in [3.05, 3.63) is 20.3 Å². The molecule has 0 radical (unpaired) electrons. The van der Waals surface area contributed by atoms with Crippen LogP contribution in [0, 0.1) is 12.8 Å². The summed E-state index contributed by atoms with van der Waals surface area (Å²) >= 11 is 9.21. The lowest BCUT2D eigenvalue weighted by Gasteiger charge is -2.15. The Labute approximate surface area is 107 Å². The number of hydrogen-bond acceptors (Lipinski definition) is 1. The molecule has 2 atom stereocenters. The zero-order chi connectivity index (χ0) is 10.7. The number of rotatable bonds is 4. The molecule has 0 saturated carbocycles. The molecule has 0 aliphatic rings. The maximum absolute atomic E-state index is 3.79. The first-order valence-electron chi connectivity index (χ1n) is 4.96. The molecule has 0 aromatic carbocycles. The summed E-state index contributed by atoms with van der Waals surface area (Å²) in [6, 6.07) is 2.28. The van der Waals surface area contributed by atoms with E-state index in [-0.39, 0.29) is 0 Å². The van der Waals surface area contributed by atoms with Crippen molar-refractivity contribution >= 4 is 43.2 Å². The average Bonchev–Trinajstić information content (AvgIpc) is 2.46. The summed E-state index contributed by atoms with van der Waals surface area (Å²) in [4.78, 5) is 1.95. The first-order valence-corrected chi connectivity index (χ1v) is 7.48. The van der Waals surface area contributed by atoms with Gasteiger partial charge in [0.15, 0.2) is 0 Å². The number of thiophene rings is 1. The standard InChI is InChI=1S/C11H16Br2S/c1-4-5-7(2)10(12)9-6-8(3)11(13)14-9/h6-7,10H,4-5H2,1-3H3. The normalized spacial score (nSPS) is 15.5. The Bertz CT molecular complexity index is 274. The van der Waals surface area contributed by atoms with Crippen LogP contribution in [0.1, 0.15) is 42.0 Å². The first-order chi connectivity index (χ1) is 6.56. The molecule has 0 N–H and O–H groups in total. The van der Waals surface area contributed by atoms with E-state index >= 15 is 0 Å². The van der Waals surface area contributed by atoms with Gasteiger partial charge in [-0.15, -0.1) is 11.3 Å². The molecular weight excluding hydrogens is 324 g/mol. The molecule has 1 aromatic rings. The number of hydrogen-bond donors (Lipinski definition) is 0. The van der Waals surface area contributed by atoms with Gasteiger partial charge in [-0.25, -0.2) is 0 Å². The van der Waals surface area contributed by atoms with Crippen LogP contribution in [0.4, 0.5) is 0 Å². The summed E-state index contributed by atoms with van der Waals surface area (Å²) in [5, 5.41) is 0. The summed E-state index contributed by atoms with van der Waals surface area (Å²) in [6.45, 7) is 6.70. The minimum Gasteiger partial charge on any atom is -0.132 e. The highest BCUT2D eigenvalue weighted by Gasteiger charge is 2.18. The van der Waals surface area contributed by atoms with Crippen molar-refractivity contribution in [1.29, 1.82) is 0 Å². The second kappa shape index (κ2) is 5.66. The van der Waals surface area contributed by atoms with Crippen molar-refractivity contribution in [2.45, 2.75) is 38.4 Å². The molecule has 1 heterocycles. The Hall–Kier alpha value is 0.660. The Morgan fingerprint density at radius 3 is 2.57 bits per heavy atom. The molecule has 0 nitrogen and oxygen atoms in total. The summed E-state index contributed by atoms with van der Waals surface area (Å²) < 4.78 is 1.26. The van der Waals surface area contributed by atoms with Crippen molar-refractivity contribution in [3.8, 4) is 0 Å². The second-order valence-corrected chi connectivity index (χ2v) is 7.16. The van der Waals surface area contributed by atoms with Gasteiger partial charge in [0, 0.05) is 4.88 Å². The number of aryl methyl sites for hydroxylation is 1. The van der Waals surface area contributed by atoms with Crippen LogP contribution in [0.25, 0.3) is 0 Å². The van der Waals surface area contributed by atoms with Crippen molar-refractivity contribution < 1.29 is 0 Å². The lowest BCUT2D eigenvalue weighted by atomic mass is 10.0. The quantitative estimate of drug-likeness (QED) is 0.618. The van der Waals surface area contributed by atoms with E-state index in [1.807, 2.05) is 11.3 Å². The van der Waals surface area contributed by atoms with Gasteiger partial charge in [0.1, 0.15) is 0 Å². The van der Waals surface area contributed by atoms with Crippen molar-refractivity contribution in [3.63, 3.8) is 0 Å². The summed E-state index contributed by atoms with van der Waals surface area (Å²) in [7, 11) is 0. The number of halogens is 2. The molecule has 0 aliphatic heterocycles. The van der Waals surface area contributed by atoms with E-state index in [4.69, 9.17) is 0 Å². The van der Waals surface area contributed by atoms with E-state index in [0.717, 1.165) is 0 Å². The lowest BCUT2D eigenvalue weighted by Crippen LogP contribution is -2.01. The predicted octanol–water partition coefficient (Wildman–Crippen LogP) is 5.69. The van der Waals surface area contributed by atoms with E-state index in [1.54, 1.807) is 0 Å². The molecule has 80 valence electrons. The van der Waals surface area contributed by atoms with Crippen molar-refractivity contribution in [2.24, 2.45) is 5.92 Å². The van der Waals surface area contributed by atoms with Gasteiger partial charge in [0.05, 0.1) is 8.61 Å². The van der Waals surface area contributed by atoms with E-state index in [9.17, 15) is 0 Å². The molecule has 0 saturated heterocycles. The fraction of sp³-hybridized carbons (Fsp3) is 0.636. The van der Waals surface area contributed by atoms with Crippen molar-refractivity contribution in [2.75, 3.05) is 0 Å². The minimum absolute atomic E-state index is 0.512. The SMILES string of the molecule is CCCC(C)C(Br)c1cc(C)c(Br)s1. The van der Waals surface area contributed by atoms with Crippen molar-refractivity contribution in [1.82, 2.24) is 0 Å². The molecule has 0 aliphatic carbocycles. The topological polar surface area (TPSA) is 0 Å². The van der Waals surface area contributed by atoms with Crippen LogP contribution in [0.15, 0.2) is 9.85 Å². The van der Waals surface area contributed by atoms with Gasteiger partial charge >= 0.3 is 0 Å². The first kappa shape index (κ1) is 12.7. The maximum Gasteiger partial charge on any atom is 0.0730 e. The summed E-state index contributed by atoms with van der Waals surface area (Å²) in [6.07, 6.45) is 2.54. The largest absolute Gasteiger partial charge is 0.132 e. The number of alkyl halides is 1. The molecule has 2 unspecified atom stereocenters. The van der Waals surface area contributed by atoms with E-state index in [2.05, 4.69) is 58.7 Å². The van der Waals surface area contributed by atoms with Gasteiger partial charge in [-0.2, -0.15) is 0 Å². The third-order valence-corrected chi connectivity index (χ3v) is 6.31. The van der Waals surface area contributed by atoms with Crippen LogP contribution in [0.2, 0.25) is 0 Å². The van der Waals surface area contributed by atoms with Gasteiger partial charge in [-0.1, -0.05) is 36.2 Å². The highest BCUT2D eigenvalue weighted by molar-refractivity contribution is 9.11. The highest BCUT2D eigenvalue weighted by atomic mass is 79.9. The minimum atomic E-state index is 0.512. The van der Waals surface area contributed by atoms with Crippen LogP contribution in [-0.4, -0.2) is 0 Å². The van der Waals surface area contributed by atoms with Gasteiger partial charge in [0.2, 0.25) is 0 Å². The van der Waals surface area contributed by atoms with E-state index in [0.29, 0.717) is 10.7 Å². The molecule has 1 aromatic heterocycles. The van der Waals surface area contributed by atoms with E-state index < -0.39 is 0 Å². The van der Waals surface area contributed by atoms with Crippen LogP contribution >= 0.6 is 43.2 Å². The fourth-order valence-corrected chi connectivity index (χ4v) is 3.86. The molecular formula is C11H16Br2S. The van der Waals surface area contributed by atoms with Crippen LogP contribution < -0.4 is 0 Å². The molecule has 0 spiro atoms. The highest BCUT2D eigenvalue weighted by Crippen LogP contribution is 2.40. The van der Waals surface area contributed by atoms with Crippen LogP contribution in [-0.2, 0) is 0 Å². The van der Waals surface area contributed by atoms with Gasteiger partial charge in [-0.3, -0.25) is 0 Å². The molecule has 1 rings (SSSR count).